The number of pyridine rings is 1. The molecule has 102 valence electrons. The number of rotatable bonds is 3. The summed E-state index contributed by atoms with van der Waals surface area (Å²) in [4.78, 5) is 15.8. The Balaban J connectivity index is 0.00000144. The lowest BCUT2D eigenvalue weighted by atomic mass is 10.1. The van der Waals surface area contributed by atoms with Crippen LogP contribution in [0.3, 0.4) is 0 Å². The summed E-state index contributed by atoms with van der Waals surface area (Å²) in [5.41, 5.74) is 1.56. The zero-order valence-electron chi connectivity index (χ0n) is 10.3. The molecule has 2 heterocycles. The van der Waals surface area contributed by atoms with Crippen LogP contribution in [0.1, 0.15) is 22.5 Å². The lowest BCUT2D eigenvalue weighted by Crippen LogP contribution is -2.30. The predicted octanol–water partition coefficient (Wildman–Crippen LogP) is 1.57. The van der Waals surface area contributed by atoms with Crippen LogP contribution in [0, 0.1) is 12.8 Å². The van der Waals surface area contributed by atoms with Gasteiger partial charge >= 0.3 is 0 Å². The number of aromatic nitrogens is 1. The fourth-order valence-electron chi connectivity index (χ4n) is 1.83. The Morgan fingerprint density at radius 3 is 2.83 bits per heavy atom. The summed E-state index contributed by atoms with van der Waals surface area (Å²) < 4.78 is 0. The highest BCUT2D eigenvalue weighted by atomic mass is 35.5. The summed E-state index contributed by atoms with van der Waals surface area (Å²) in [7, 11) is 0. The summed E-state index contributed by atoms with van der Waals surface area (Å²) in [6, 6.07) is 3.66. The molecule has 2 rings (SSSR count). The van der Waals surface area contributed by atoms with Gasteiger partial charge in [-0.25, -0.2) is 0 Å². The Kier molecular flexibility index (Phi) is 7.91. The summed E-state index contributed by atoms with van der Waals surface area (Å²) in [6.07, 6.45) is 2.77. The van der Waals surface area contributed by atoms with Crippen molar-refractivity contribution in [3.63, 3.8) is 0 Å². The van der Waals surface area contributed by atoms with Gasteiger partial charge in [0.25, 0.3) is 5.91 Å². The highest BCUT2D eigenvalue weighted by Gasteiger charge is 2.15. The molecule has 18 heavy (non-hydrogen) atoms. The van der Waals surface area contributed by atoms with Gasteiger partial charge in [-0.15, -0.1) is 24.8 Å². The summed E-state index contributed by atoms with van der Waals surface area (Å²) >= 11 is 0. The number of nitrogens with one attached hydrogen (secondary N) is 2. The molecule has 1 aliphatic heterocycles. The van der Waals surface area contributed by atoms with Crippen LogP contribution < -0.4 is 10.6 Å². The topological polar surface area (TPSA) is 54.0 Å². The van der Waals surface area contributed by atoms with Gasteiger partial charge < -0.3 is 10.6 Å². The van der Waals surface area contributed by atoms with Crippen LogP contribution in [0.15, 0.2) is 18.3 Å². The van der Waals surface area contributed by atoms with Gasteiger partial charge in [0.1, 0.15) is 0 Å². The Hall–Kier alpha value is -0.840. The van der Waals surface area contributed by atoms with Crippen LogP contribution in [0.4, 0.5) is 0 Å². The molecule has 1 amide bonds. The monoisotopic (exact) mass is 291 g/mol. The fraction of sp³-hybridized carbons (Fsp3) is 0.500. The zero-order valence-corrected chi connectivity index (χ0v) is 11.9. The quantitative estimate of drug-likeness (QED) is 0.889. The van der Waals surface area contributed by atoms with Crippen molar-refractivity contribution in [2.45, 2.75) is 13.3 Å². The van der Waals surface area contributed by atoms with Gasteiger partial charge in [0, 0.05) is 18.4 Å². The molecule has 0 aromatic carbocycles. The Morgan fingerprint density at radius 2 is 2.28 bits per heavy atom. The molecule has 0 radical (unpaired) electrons. The highest BCUT2D eigenvalue weighted by Crippen LogP contribution is 2.06. The lowest BCUT2D eigenvalue weighted by Gasteiger charge is -2.09. The van der Waals surface area contributed by atoms with Gasteiger partial charge in [0.2, 0.25) is 0 Å². The molecule has 1 atom stereocenters. The third-order valence-corrected chi connectivity index (χ3v) is 2.89. The summed E-state index contributed by atoms with van der Waals surface area (Å²) in [5.74, 6) is 0.543. The van der Waals surface area contributed by atoms with Crippen LogP contribution >= 0.6 is 24.8 Å². The third kappa shape index (κ3) is 4.80. The van der Waals surface area contributed by atoms with Crippen molar-refractivity contribution in [1.82, 2.24) is 15.6 Å². The van der Waals surface area contributed by atoms with Crippen molar-refractivity contribution >= 4 is 30.7 Å². The van der Waals surface area contributed by atoms with E-state index in [1.165, 1.54) is 0 Å². The SMILES string of the molecule is Cc1ccc(C(=O)NCC2CCNC2)cn1.Cl.Cl. The standard InChI is InChI=1S/C12H17N3O.2ClH/c1-9-2-3-11(8-14-9)12(16)15-7-10-4-5-13-6-10;;/h2-3,8,10,13H,4-7H2,1H3,(H,15,16);2*1H. The molecule has 1 fully saturated rings. The first-order valence-corrected chi connectivity index (χ1v) is 5.67. The molecule has 2 N–H and O–H groups in total. The number of halogens is 2. The Labute approximate surface area is 120 Å². The predicted molar refractivity (Wildman–Crippen MR) is 76.8 cm³/mol. The minimum Gasteiger partial charge on any atom is -0.352 e. The lowest BCUT2D eigenvalue weighted by molar-refractivity contribution is 0.0948. The second kappa shape index (κ2) is 8.29. The molecule has 4 nitrogen and oxygen atoms in total. The van der Waals surface area contributed by atoms with Crippen LogP contribution in [0.2, 0.25) is 0 Å². The van der Waals surface area contributed by atoms with E-state index < -0.39 is 0 Å². The van der Waals surface area contributed by atoms with E-state index >= 15 is 0 Å². The molecular weight excluding hydrogens is 273 g/mol. The number of hydrogen-bond donors (Lipinski definition) is 2. The van der Waals surface area contributed by atoms with Crippen molar-refractivity contribution < 1.29 is 4.79 Å². The first kappa shape index (κ1) is 17.2. The highest BCUT2D eigenvalue weighted by molar-refractivity contribution is 5.93. The molecule has 0 bridgehead atoms. The smallest absolute Gasteiger partial charge is 0.252 e. The number of hydrogen-bond acceptors (Lipinski definition) is 3. The average molecular weight is 292 g/mol. The second-order valence-corrected chi connectivity index (χ2v) is 4.26. The first-order chi connectivity index (χ1) is 7.75. The zero-order chi connectivity index (χ0) is 11.4. The van der Waals surface area contributed by atoms with Crippen molar-refractivity contribution in [3.05, 3.63) is 29.6 Å². The molecule has 0 saturated carbocycles. The van der Waals surface area contributed by atoms with Crippen molar-refractivity contribution in [3.8, 4) is 0 Å². The molecule has 1 saturated heterocycles. The van der Waals surface area contributed by atoms with E-state index in [0.29, 0.717) is 11.5 Å². The van der Waals surface area contributed by atoms with Gasteiger partial charge in [-0.3, -0.25) is 9.78 Å². The van der Waals surface area contributed by atoms with Crippen molar-refractivity contribution in [2.24, 2.45) is 5.92 Å². The maximum atomic E-state index is 11.7. The number of amides is 1. The van der Waals surface area contributed by atoms with E-state index in [9.17, 15) is 4.79 Å². The number of aryl methyl sites for hydroxylation is 1. The third-order valence-electron chi connectivity index (χ3n) is 2.89. The van der Waals surface area contributed by atoms with Gasteiger partial charge in [0.05, 0.1) is 5.56 Å². The molecule has 1 aliphatic rings. The number of carbonyl (C=O) groups excluding carboxylic acids is 1. The normalized spacial score (nSPS) is 17.5. The summed E-state index contributed by atoms with van der Waals surface area (Å²) in [5, 5.41) is 6.22. The van der Waals surface area contributed by atoms with E-state index in [0.717, 1.165) is 31.7 Å². The van der Waals surface area contributed by atoms with Crippen LogP contribution in [-0.2, 0) is 0 Å². The maximum absolute atomic E-state index is 11.7. The van der Waals surface area contributed by atoms with Crippen LogP contribution in [0.5, 0.6) is 0 Å². The molecule has 6 heteroatoms. The van der Waals surface area contributed by atoms with Gasteiger partial charge in [-0.05, 0) is 44.5 Å². The van der Waals surface area contributed by atoms with Crippen LogP contribution in [0.25, 0.3) is 0 Å². The van der Waals surface area contributed by atoms with Crippen molar-refractivity contribution in [2.75, 3.05) is 19.6 Å². The van der Waals surface area contributed by atoms with E-state index in [1.54, 1.807) is 6.20 Å². The maximum Gasteiger partial charge on any atom is 0.252 e. The van der Waals surface area contributed by atoms with Gasteiger partial charge in [0.15, 0.2) is 0 Å². The average Bonchev–Trinajstić information content (AvgIpc) is 2.80. The molecule has 1 aromatic heterocycles. The number of nitrogens with zero attached hydrogens (tertiary/aromatic N) is 1. The van der Waals surface area contributed by atoms with E-state index in [-0.39, 0.29) is 30.7 Å². The minimum absolute atomic E-state index is 0. The summed E-state index contributed by atoms with van der Waals surface area (Å²) in [6.45, 7) is 4.73. The molecule has 1 unspecified atom stereocenters. The van der Waals surface area contributed by atoms with Crippen molar-refractivity contribution in [1.29, 1.82) is 0 Å². The second-order valence-electron chi connectivity index (χ2n) is 4.26. The largest absolute Gasteiger partial charge is 0.352 e. The first-order valence-electron chi connectivity index (χ1n) is 5.67. The van der Waals surface area contributed by atoms with E-state index in [2.05, 4.69) is 15.6 Å². The minimum atomic E-state index is -0.0283. The van der Waals surface area contributed by atoms with Gasteiger partial charge in [-0.1, -0.05) is 0 Å². The fourth-order valence-corrected chi connectivity index (χ4v) is 1.83. The Morgan fingerprint density at radius 1 is 1.50 bits per heavy atom. The van der Waals surface area contributed by atoms with E-state index in [4.69, 9.17) is 0 Å². The Bertz CT molecular complexity index is 364. The molecular formula is C12H19Cl2N3O. The molecule has 0 aliphatic carbocycles. The molecule has 1 aromatic rings. The molecule has 0 spiro atoms. The van der Waals surface area contributed by atoms with E-state index in [1.807, 2.05) is 19.1 Å². The van der Waals surface area contributed by atoms with Gasteiger partial charge in [-0.2, -0.15) is 0 Å². The van der Waals surface area contributed by atoms with Crippen LogP contribution in [-0.4, -0.2) is 30.5 Å². The number of carbonyl (C=O) groups is 1.